The molecule has 1 N–H and O–H groups in total. The molecule has 0 bridgehead atoms. The summed E-state index contributed by atoms with van der Waals surface area (Å²) in [6.07, 6.45) is 0. The summed E-state index contributed by atoms with van der Waals surface area (Å²) in [5.74, 6) is -0.791. The zero-order chi connectivity index (χ0) is 12.3. The molecule has 3 nitrogen and oxygen atoms in total. The summed E-state index contributed by atoms with van der Waals surface area (Å²) in [6.45, 7) is 8.84. The predicted octanol–water partition coefficient (Wildman–Crippen LogP) is 2.52. The van der Waals surface area contributed by atoms with Gasteiger partial charge in [0, 0.05) is 12.2 Å². The van der Waals surface area contributed by atoms with Gasteiger partial charge in [-0.1, -0.05) is 17.7 Å². The number of carboxylic acids is 1. The van der Waals surface area contributed by atoms with E-state index in [0.29, 0.717) is 6.54 Å². The van der Waals surface area contributed by atoms with Crippen LogP contribution in [0, 0.1) is 20.8 Å². The van der Waals surface area contributed by atoms with Gasteiger partial charge in [0.1, 0.15) is 6.54 Å². The van der Waals surface area contributed by atoms with Gasteiger partial charge in [0.2, 0.25) is 0 Å². The Morgan fingerprint density at radius 1 is 1.25 bits per heavy atom. The quantitative estimate of drug-likeness (QED) is 0.849. The number of rotatable bonds is 4. The molecule has 0 aliphatic rings. The van der Waals surface area contributed by atoms with Gasteiger partial charge in [-0.2, -0.15) is 0 Å². The van der Waals surface area contributed by atoms with Crippen LogP contribution in [0.25, 0.3) is 0 Å². The lowest BCUT2D eigenvalue weighted by Gasteiger charge is -2.25. The number of anilines is 1. The van der Waals surface area contributed by atoms with Gasteiger partial charge in [0.25, 0.3) is 0 Å². The van der Waals surface area contributed by atoms with Crippen molar-refractivity contribution in [3.8, 4) is 0 Å². The third-order valence-electron chi connectivity index (χ3n) is 2.66. The Hall–Kier alpha value is -1.51. The normalized spacial score (nSPS) is 10.2. The van der Waals surface area contributed by atoms with Crippen molar-refractivity contribution in [1.29, 1.82) is 0 Å². The number of benzene rings is 1. The molecule has 0 amide bonds. The topological polar surface area (TPSA) is 40.5 Å². The molecule has 3 heteroatoms. The second-order valence-corrected chi connectivity index (χ2v) is 4.16. The maximum absolute atomic E-state index is 10.8. The highest BCUT2D eigenvalue weighted by molar-refractivity contribution is 5.75. The van der Waals surface area contributed by atoms with Gasteiger partial charge in [-0.25, -0.2) is 0 Å². The van der Waals surface area contributed by atoms with Gasteiger partial charge in [0.05, 0.1) is 0 Å². The molecule has 0 atom stereocenters. The van der Waals surface area contributed by atoms with Crippen molar-refractivity contribution in [2.75, 3.05) is 18.0 Å². The lowest BCUT2D eigenvalue weighted by Crippen LogP contribution is -2.30. The van der Waals surface area contributed by atoms with Crippen LogP contribution in [0.2, 0.25) is 0 Å². The summed E-state index contributed by atoms with van der Waals surface area (Å²) in [5.41, 5.74) is 4.54. The standard InChI is InChI=1S/C13H19NO2/c1-5-14(8-12(15)16)13-10(3)6-9(2)7-11(13)4/h6-7H,5,8H2,1-4H3,(H,15,16). The average Bonchev–Trinajstić information content (AvgIpc) is 2.13. The van der Waals surface area contributed by atoms with Gasteiger partial charge in [-0.3, -0.25) is 4.79 Å². The molecule has 0 aromatic heterocycles. The largest absolute Gasteiger partial charge is 0.480 e. The SMILES string of the molecule is CCN(CC(=O)O)c1c(C)cc(C)cc1C. The first-order valence-electron chi connectivity index (χ1n) is 5.50. The van der Waals surface area contributed by atoms with E-state index in [1.807, 2.05) is 25.7 Å². The van der Waals surface area contributed by atoms with Gasteiger partial charge in [0.15, 0.2) is 0 Å². The van der Waals surface area contributed by atoms with E-state index in [4.69, 9.17) is 5.11 Å². The predicted molar refractivity (Wildman–Crippen MR) is 66.2 cm³/mol. The summed E-state index contributed by atoms with van der Waals surface area (Å²) < 4.78 is 0. The molecule has 0 fully saturated rings. The Bertz CT molecular complexity index is 376. The van der Waals surface area contributed by atoms with E-state index in [9.17, 15) is 4.79 Å². The average molecular weight is 221 g/mol. The second-order valence-electron chi connectivity index (χ2n) is 4.16. The summed E-state index contributed by atoms with van der Waals surface area (Å²) in [5, 5.41) is 8.87. The lowest BCUT2D eigenvalue weighted by molar-refractivity contribution is -0.135. The molecule has 0 saturated carbocycles. The van der Waals surface area contributed by atoms with E-state index >= 15 is 0 Å². The first-order valence-corrected chi connectivity index (χ1v) is 5.50. The highest BCUT2D eigenvalue weighted by atomic mass is 16.4. The van der Waals surface area contributed by atoms with Crippen LogP contribution in [-0.2, 0) is 4.79 Å². The lowest BCUT2D eigenvalue weighted by atomic mass is 10.0. The molecular weight excluding hydrogens is 202 g/mol. The van der Waals surface area contributed by atoms with Crippen molar-refractivity contribution in [1.82, 2.24) is 0 Å². The summed E-state index contributed by atoms with van der Waals surface area (Å²) >= 11 is 0. The monoisotopic (exact) mass is 221 g/mol. The number of likely N-dealkylation sites (N-methyl/N-ethyl adjacent to an activating group) is 1. The maximum atomic E-state index is 10.8. The molecule has 1 aromatic carbocycles. The summed E-state index contributed by atoms with van der Waals surface area (Å²) in [4.78, 5) is 12.7. The van der Waals surface area contributed by atoms with Crippen molar-refractivity contribution in [3.05, 3.63) is 28.8 Å². The maximum Gasteiger partial charge on any atom is 0.323 e. The van der Waals surface area contributed by atoms with Gasteiger partial charge >= 0.3 is 5.97 Å². The zero-order valence-corrected chi connectivity index (χ0v) is 10.4. The first-order chi connectivity index (χ1) is 7.45. The van der Waals surface area contributed by atoms with E-state index in [2.05, 4.69) is 19.1 Å². The number of carboxylic acid groups (broad SMARTS) is 1. The number of carbonyl (C=O) groups is 1. The van der Waals surface area contributed by atoms with Gasteiger partial charge in [-0.15, -0.1) is 0 Å². The highest BCUT2D eigenvalue weighted by Gasteiger charge is 2.13. The number of aliphatic carboxylic acids is 1. The minimum Gasteiger partial charge on any atom is -0.480 e. The van der Waals surface area contributed by atoms with Crippen molar-refractivity contribution < 1.29 is 9.90 Å². The smallest absolute Gasteiger partial charge is 0.323 e. The van der Waals surface area contributed by atoms with E-state index in [-0.39, 0.29) is 6.54 Å². The van der Waals surface area contributed by atoms with Crippen LogP contribution in [0.3, 0.4) is 0 Å². The van der Waals surface area contributed by atoms with Crippen molar-refractivity contribution >= 4 is 11.7 Å². The molecule has 0 heterocycles. The van der Waals surface area contributed by atoms with Crippen LogP contribution in [0.15, 0.2) is 12.1 Å². The molecule has 0 aliphatic carbocycles. The molecule has 0 unspecified atom stereocenters. The molecule has 88 valence electrons. The Morgan fingerprint density at radius 2 is 1.75 bits per heavy atom. The van der Waals surface area contributed by atoms with Crippen LogP contribution in [0.5, 0.6) is 0 Å². The molecule has 0 radical (unpaired) electrons. The molecule has 0 spiro atoms. The molecule has 1 rings (SSSR count). The first kappa shape index (κ1) is 12.6. The van der Waals surface area contributed by atoms with Crippen molar-refractivity contribution in [3.63, 3.8) is 0 Å². The minimum atomic E-state index is -0.791. The fourth-order valence-electron chi connectivity index (χ4n) is 2.18. The third-order valence-corrected chi connectivity index (χ3v) is 2.66. The Morgan fingerprint density at radius 3 is 2.12 bits per heavy atom. The van der Waals surface area contributed by atoms with Crippen molar-refractivity contribution in [2.45, 2.75) is 27.7 Å². The molecule has 1 aromatic rings. The van der Waals surface area contributed by atoms with Crippen LogP contribution < -0.4 is 4.90 Å². The second kappa shape index (κ2) is 5.01. The number of aryl methyl sites for hydroxylation is 3. The fraction of sp³-hybridized carbons (Fsp3) is 0.462. The number of hydrogen-bond acceptors (Lipinski definition) is 2. The third kappa shape index (κ3) is 2.75. The Labute approximate surface area is 96.7 Å². The molecule has 16 heavy (non-hydrogen) atoms. The van der Waals surface area contributed by atoms with E-state index in [1.54, 1.807) is 0 Å². The van der Waals surface area contributed by atoms with Crippen LogP contribution in [0.1, 0.15) is 23.6 Å². The fourth-order valence-corrected chi connectivity index (χ4v) is 2.18. The van der Waals surface area contributed by atoms with E-state index < -0.39 is 5.97 Å². The Kier molecular flexibility index (Phi) is 3.93. The molecule has 0 aliphatic heterocycles. The molecular formula is C13H19NO2. The van der Waals surface area contributed by atoms with E-state index in [1.165, 1.54) is 5.56 Å². The summed E-state index contributed by atoms with van der Waals surface area (Å²) in [7, 11) is 0. The van der Waals surface area contributed by atoms with E-state index in [0.717, 1.165) is 16.8 Å². The van der Waals surface area contributed by atoms with Crippen molar-refractivity contribution in [2.24, 2.45) is 0 Å². The number of hydrogen-bond donors (Lipinski definition) is 1. The van der Waals surface area contributed by atoms with Gasteiger partial charge < -0.3 is 10.0 Å². The number of nitrogens with zero attached hydrogens (tertiary/aromatic N) is 1. The Balaban J connectivity index is 3.14. The molecule has 0 saturated heterocycles. The van der Waals surface area contributed by atoms with Crippen LogP contribution in [0.4, 0.5) is 5.69 Å². The summed E-state index contributed by atoms with van der Waals surface area (Å²) in [6, 6.07) is 4.18. The van der Waals surface area contributed by atoms with Crippen LogP contribution in [-0.4, -0.2) is 24.2 Å². The highest BCUT2D eigenvalue weighted by Crippen LogP contribution is 2.25. The zero-order valence-electron chi connectivity index (χ0n) is 10.4. The minimum absolute atomic E-state index is 0.0568. The van der Waals surface area contributed by atoms with Gasteiger partial charge in [-0.05, 0) is 38.8 Å². The van der Waals surface area contributed by atoms with Crippen LogP contribution >= 0.6 is 0 Å².